The molecule has 1 aliphatic carbocycles. The van der Waals surface area contributed by atoms with Gasteiger partial charge in [-0.2, -0.15) is 0 Å². The van der Waals surface area contributed by atoms with Gasteiger partial charge in [-0.15, -0.1) is 0 Å². The number of carbonyl (C=O) groups is 2. The Morgan fingerprint density at radius 1 is 1.24 bits per heavy atom. The first-order chi connectivity index (χ1) is 8.16. The summed E-state index contributed by atoms with van der Waals surface area (Å²) in [4.78, 5) is 22.3. The summed E-state index contributed by atoms with van der Waals surface area (Å²) < 4.78 is 0. The Kier molecular flexibility index (Phi) is 3.38. The van der Waals surface area contributed by atoms with Crippen molar-refractivity contribution in [1.29, 1.82) is 0 Å². The Morgan fingerprint density at radius 2 is 1.88 bits per heavy atom. The summed E-state index contributed by atoms with van der Waals surface area (Å²) in [6.45, 7) is 0. The first-order valence-corrected chi connectivity index (χ1v) is 5.76. The van der Waals surface area contributed by atoms with Crippen LogP contribution in [0.5, 0.6) is 0 Å². The van der Waals surface area contributed by atoms with Crippen molar-refractivity contribution in [3.05, 3.63) is 41.5 Å². The molecule has 0 bridgehead atoms. The summed E-state index contributed by atoms with van der Waals surface area (Å²) in [6, 6.07) is 7.44. The third-order valence-corrected chi connectivity index (χ3v) is 2.77. The maximum atomic E-state index is 11.7. The van der Waals surface area contributed by atoms with Gasteiger partial charge < -0.3 is 5.73 Å². The fraction of sp³-hybridized carbons (Fsp3) is 0.286. The highest BCUT2D eigenvalue weighted by Crippen LogP contribution is 2.32. The van der Waals surface area contributed by atoms with Gasteiger partial charge in [0.2, 0.25) is 5.91 Å². The van der Waals surface area contributed by atoms with Crippen molar-refractivity contribution in [3.63, 3.8) is 0 Å². The molecule has 0 spiro atoms. The molecule has 1 amide bonds. The molecule has 0 heterocycles. The highest BCUT2D eigenvalue weighted by Gasteiger charge is 2.30. The van der Waals surface area contributed by atoms with Crippen LogP contribution >= 0.6 is 0 Å². The molecule has 3 nitrogen and oxygen atoms in total. The van der Waals surface area contributed by atoms with E-state index in [1.54, 1.807) is 6.08 Å². The fourth-order valence-corrected chi connectivity index (χ4v) is 1.65. The van der Waals surface area contributed by atoms with Crippen LogP contribution in [0.1, 0.15) is 35.2 Å². The fourth-order valence-electron chi connectivity index (χ4n) is 1.65. The van der Waals surface area contributed by atoms with Gasteiger partial charge in [0.05, 0.1) is 0 Å². The van der Waals surface area contributed by atoms with E-state index in [1.165, 1.54) is 0 Å². The molecule has 0 unspecified atom stereocenters. The number of Topliss-reactive ketones (excluding diaryl/α,β-unsaturated/α-hetero) is 1. The molecule has 2 N–H and O–H groups in total. The molecule has 17 heavy (non-hydrogen) atoms. The van der Waals surface area contributed by atoms with Crippen molar-refractivity contribution in [2.75, 3.05) is 0 Å². The van der Waals surface area contributed by atoms with Gasteiger partial charge in [0.1, 0.15) is 0 Å². The molecule has 0 saturated heterocycles. The maximum absolute atomic E-state index is 11.7. The Hall–Kier alpha value is -1.90. The van der Waals surface area contributed by atoms with E-state index in [-0.39, 0.29) is 24.0 Å². The first-order valence-electron chi connectivity index (χ1n) is 5.76. The molecule has 1 fully saturated rings. The molecule has 1 aromatic rings. The van der Waals surface area contributed by atoms with E-state index in [2.05, 4.69) is 0 Å². The van der Waals surface area contributed by atoms with Gasteiger partial charge in [0.25, 0.3) is 0 Å². The van der Waals surface area contributed by atoms with Crippen LogP contribution in [0.4, 0.5) is 0 Å². The van der Waals surface area contributed by atoms with E-state index >= 15 is 0 Å². The first kappa shape index (κ1) is 11.6. The number of hydrogen-bond acceptors (Lipinski definition) is 2. The summed E-state index contributed by atoms with van der Waals surface area (Å²) in [5, 5.41) is 0. The predicted molar refractivity (Wildman–Crippen MR) is 66.3 cm³/mol. The Balaban J connectivity index is 1.99. The van der Waals surface area contributed by atoms with Crippen molar-refractivity contribution < 1.29 is 9.59 Å². The van der Waals surface area contributed by atoms with Gasteiger partial charge in [0, 0.05) is 17.9 Å². The number of ketones is 1. The molecule has 0 aliphatic heterocycles. The third-order valence-electron chi connectivity index (χ3n) is 2.77. The minimum absolute atomic E-state index is 0.239. The molecule has 88 valence electrons. The zero-order valence-electron chi connectivity index (χ0n) is 9.56. The average Bonchev–Trinajstić information content (AvgIpc) is 3.12. The zero-order valence-corrected chi connectivity index (χ0v) is 9.56. The van der Waals surface area contributed by atoms with Crippen molar-refractivity contribution in [1.82, 2.24) is 0 Å². The standard InChI is InChI=1S/C14H15NO2/c15-13(16)3-1-2-10-4-6-11(7-5-10)14(17)12-8-9-12/h1-2,4-7,12H,3,8-9H2,(H2,15,16). The minimum atomic E-state index is -0.346. The molecular formula is C14H15NO2. The van der Waals surface area contributed by atoms with Gasteiger partial charge in [-0.05, 0) is 18.4 Å². The summed E-state index contributed by atoms with van der Waals surface area (Å²) in [5.74, 6) is 0.158. The van der Waals surface area contributed by atoms with Crippen molar-refractivity contribution in [3.8, 4) is 0 Å². The normalized spacial score (nSPS) is 15.1. The summed E-state index contributed by atoms with van der Waals surface area (Å²) in [7, 11) is 0. The molecule has 3 heteroatoms. The van der Waals surface area contributed by atoms with Gasteiger partial charge in [0.15, 0.2) is 5.78 Å². The van der Waals surface area contributed by atoms with E-state index in [9.17, 15) is 9.59 Å². The lowest BCUT2D eigenvalue weighted by Crippen LogP contribution is -2.07. The Bertz CT molecular complexity index is 456. The number of rotatable bonds is 5. The molecule has 0 aromatic heterocycles. The van der Waals surface area contributed by atoms with Gasteiger partial charge in [-0.1, -0.05) is 36.4 Å². The third kappa shape index (κ3) is 3.28. The van der Waals surface area contributed by atoms with Crippen LogP contribution in [0.2, 0.25) is 0 Å². The lowest BCUT2D eigenvalue weighted by atomic mass is 10.0. The monoisotopic (exact) mass is 229 g/mol. The van der Waals surface area contributed by atoms with Gasteiger partial charge in [-0.25, -0.2) is 0 Å². The quantitative estimate of drug-likeness (QED) is 0.786. The number of amides is 1. The lowest BCUT2D eigenvalue weighted by molar-refractivity contribution is -0.117. The van der Waals surface area contributed by atoms with Crippen LogP contribution in [0.15, 0.2) is 30.3 Å². The van der Waals surface area contributed by atoms with Crippen LogP contribution in [0.25, 0.3) is 6.08 Å². The van der Waals surface area contributed by atoms with E-state index in [0.717, 1.165) is 24.0 Å². The predicted octanol–water partition coefficient (Wildman–Crippen LogP) is 2.17. The molecule has 1 saturated carbocycles. The van der Waals surface area contributed by atoms with Crippen LogP contribution in [-0.2, 0) is 4.79 Å². The second-order valence-electron chi connectivity index (χ2n) is 4.33. The number of carbonyl (C=O) groups excluding carboxylic acids is 2. The van der Waals surface area contributed by atoms with Crippen molar-refractivity contribution in [2.24, 2.45) is 11.7 Å². The maximum Gasteiger partial charge on any atom is 0.221 e. The van der Waals surface area contributed by atoms with Crippen LogP contribution in [-0.4, -0.2) is 11.7 Å². The number of nitrogens with two attached hydrogens (primary N) is 1. The number of hydrogen-bond donors (Lipinski definition) is 1. The summed E-state index contributed by atoms with van der Waals surface area (Å²) >= 11 is 0. The number of benzene rings is 1. The highest BCUT2D eigenvalue weighted by molar-refractivity contribution is 5.99. The SMILES string of the molecule is NC(=O)CC=Cc1ccc(C(=O)C2CC2)cc1. The van der Waals surface area contributed by atoms with Gasteiger partial charge in [-0.3, -0.25) is 9.59 Å². The zero-order chi connectivity index (χ0) is 12.3. The molecule has 1 aromatic carbocycles. The largest absolute Gasteiger partial charge is 0.369 e. The van der Waals surface area contributed by atoms with E-state index in [0.29, 0.717) is 0 Å². The average molecular weight is 229 g/mol. The lowest BCUT2D eigenvalue weighted by Gasteiger charge is -1.99. The van der Waals surface area contributed by atoms with Crippen molar-refractivity contribution >= 4 is 17.8 Å². The molecular weight excluding hydrogens is 214 g/mol. The summed E-state index contributed by atoms with van der Waals surface area (Å²) in [5.41, 5.74) is 6.77. The second kappa shape index (κ2) is 4.95. The van der Waals surface area contributed by atoms with E-state index in [4.69, 9.17) is 5.73 Å². The van der Waals surface area contributed by atoms with Crippen LogP contribution < -0.4 is 5.73 Å². The van der Waals surface area contributed by atoms with E-state index < -0.39 is 0 Å². The minimum Gasteiger partial charge on any atom is -0.369 e. The number of primary amides is 1. The van der Waals surface area contributed by atoms with E-state index in [1.807, 2.05) is 30.3 Å². The Morgan fingerprint density at radius 3 is 2.41 bits per heavy atom. The van der Waals surface area contributed by atoms with Gasteiger partial charge >= 0.3 is 0 Å². The van der Waals surface area contributed by atoms with Crippen LogP contribution in [0, 0.1) is 5.92 Å². The molecule has 1 aliphatic rings. The van der Waals surface area contributed by atoms with Crippen molar-refractivity contribution in [2.45, 2.75) is 19.3 Å². The molecule has 0 radical (unpaired) electrons. The Labute approximate surface area is 100 Å². The second-order valence-corrected chi connectivity index (χ2v) is 4.33. The topological polar surface area (TPSA) is 60.2 Å². The smallest absolute Gasteiger partial charge is 0.221 e. The molecule has 2 rings (SSSR count). The highest BCUT2D eigenvalue weighted by atomic mass is 16.1. The summed E-state index contributed by atoms with van der Waals surface area (Å²) in [6.07, 6.45) is 5.84. The van der Waals surface area contributed by atoms with Crippen LogP contribution in [0.3, 0.4) is 0 Å². The molecule has 0 atom stereocenters.